The van der Waals surface area contributed by atoms with Crippen LogP contribution >= 0.6 is 11.8 Å². The molecule has 0 aliphatic carbocycles. The molecule has 1 heterocycles. The normalized spacial score (nSPS) is 27.2. The van der Waals surface area contributed by atoms with Gasteiger partial charge in [0.2, 0.25) is 0 Å². The lowest BCUT2D eigenvalue weighted by Gasteiger charge is -2.36. The van der Waals surface area contributed by atoms with Gasteiger partial charge in [0, 0.05) is 36.2 Å². The highest BCUT2D eigenvalue weighted by molar-refractivity contribution is 8.00. The van der Waals surface area contributed by atoms with Gasteiger partial charge in [-0.05, 0) is 13.8 Å². The first-order chi connectivity index (χ1) is 7.65. The second-order valence-electron chi connectivity index (χ2n) is 3.97. The molecule has 0 aromatic rings. The van der Waals surface area contributed by atoms with Crippen LogP contribution in [0.15, 0.2) is 12.2 Å². The van der Waals surface area contributed by atoms with Gasteiger partial charge >= 0.3 is 5.97 Å². The number of carbonyl (C=O) groups is 1. The van der Waals surface area contributed by atoms with Gasteiger partial charge in [-0.25, -0.2) is 4.79 Å². The van der Waals surface area contributed by atoms with Crippen LogP contribution in [0.4, 0.5) is 0 Å². The monoisotopic (exact) mass is 243 g/mol. The molecule has 3 nitrogen and oxygen atoms in total. The summed E-state index contributed by atoms with van der Waals surface area (Å²) in [6.45, 7) is 8.70. The lowest BCUT2D eigenvalue weighted by molar-refractivity contribution is -0.137. The molecule has 16 heavy (non-hydrogen) atoms. The zero-order valence-electron chi connectivity index (χ0n) is 10.3. The summed E-state index contributed by atoms with van der Waals surface area (Å²) in [4.78, 5) is 13.5. The molecule has 1 aliphatic heterocycles. The SMILES string of the molecule is CCOC(=O)/C=C/CN1CCSC(C)C1C. The smallest absolute Gasteiger partial charge is 0.330 e. The van der Waals surface area contributed by atoms with E-state index in [0.29, 0.717) is 17.9 Å². The second-order valence-corrected chi connectivity index (χ2v) is 5.45. The highest BCUT2D eigenvalue weighted by Gasteiger charge is 2.23. The summed E-state index contributed by atoms with van der Waals surface area (Å²) in [7, 11) is 0. The average molecular weight is 243 g/mol. The summed E-state index contributed by atoms with van der Waals surface area (Å²) in [5.74, 6) is 0.938. The third-order valence-electron chi connectivity index (χ3n) is 2.90. The standard InChI is InChI=1S/C12H21NO2S/c1-4-15-12(14)6-5-7-13-8-9-16-11(3)10(13)2/h5-6,10-11H,4,7-9H2,1-3H3/b6-5+. The largest absolute Gasteiger partial charge is 0.463 e. The maximum Gasteiger partial charge on any atom is 0.330 e. The number of carbonyl (C=O) groups excluding carboxylic acids is 1. The first-order valence-electron chi connectivity index (χ1n) is 5.84. The van der Waals surface area contributed by atoms with Gasteiger partial charge < -0.3 is 4.74 Å². The molecule has 0 saturated carbocycles. The van der Waals surface area contributed by atoms with Gasteiger partial charge in [-0.3, -0.25) is 4.90 Å². The first kappa shape index (κ1) is 13.6. The Morgan fingerprint density at radius 2 is 2.31 bits per heavy atom. The molecular formula is C12H21NO2S. The molecule has 1 saturated heterocycles. The maximum absolute atomic E-state index is 11.1. The van der Waals surface area contributed by atoms with Crippen LogP contribution in [0.2, 0.25) is 0 Å². The molecule has 1 fully saturated rings. The van der Waals surface area contributed by atoms with Crippen molar-refractivity contribution in [2.75, 3.05) is 25.4 Å². The molecule has 0 aromatic heterocycles. The summed E-state index contributed by atoms with van der Waals surface area (Å²) in [6.07, 6.45) is 3.43. The molecule has 0 radical (unpaired) electrons. The Balaban J connectivity index is 2.33. The molecule has 1 aliphatic rings. The molecule has 0 amide bonds. The molecular weight excluding hydrogens is 222 g/mol. The van der Waals surface area contributed by atoms with Crippen LogP contribution < -0.4 is 0 Å². The first-order valence-corrected chi connectivity index (χ1v) is 6.89. The molecule has 0 N–H and O–H groups in total. The van der Waals surface area contributed by atoms with Crippen LogP contribution in [0.3, 0.4) is 0 Å². The number of nitrogens with zero attached hydrogens (tertiary/aromatic N) is 1. The fraction of sp³-hybridized carbons (Fsp3) is 0.750. The van der Waals surface area contributed by atoms with Crippen LogP contribution in [-0.2, 0) is 9.53 Å². The molecule has 92 valence electrons. The minimum Gasteiger partial charge on any atom is -0.463 e. The van der Waals surface area contributed by atoms with E-state index in [1.165, 1.54) is 11.8 Å². The minimum atomic E-state index is -0.241. The van der Waals surface area contributed by atoms with E-state index in [0.717, 1.165) is 13.1 Å². The van der Waals surface area contributed by atoms with Gasteiger partial charge in [0.15, 0.2) is 0 Å². The van der Waals surface area contributed by atoms with Crippen molar-refractivity contribution in [3.8, 4) is 0 Å². The zero-order valence-corrected chi connectivity index (χ0v) is 11.1. The van der Waals surface area contributed by atoms with Gasteiger partial charge in [-0.1, -0.05) is 13.0 Å². The van der Waals surface area contributed by atoms with Crippen molar-refractivity contribution in [2.45, 2.75) is 32.1 Å². The van der Waals surface area contributed by atoms with E-state index >= 15 is 0 Å². The third kappa shape index (κ3) is 4.18. The van der Waals surface area contributed by atoms with E-state index in [-0.39, 0.29) is 5.97 Å². The third-order valence-corrected chi connectivity index (χ3v) is 4.23. The predicted octanol–water partition coefficient (Wildman–Crippen LogP) is 1.93. The van der Waals surface area contributed by atoms with Gasteiger partial charge in [0.05, 0.1) is 6.61 Å². The van der Waals surface area contributed by atoms with Crippen molar-refractivity contribution < 1.29 is 9.53 Å². The fourth-order valence-electron chi connectivity index (χ4n) is 1.73. The quantitative estimate of drug-likeness (QED) is 0.557. The van der Waals surface area contributed by atoms with E-state index in [2.05, 4.69) is 18.7 Å². The fourth-order valence-corrected chi connectivity index (χ4v) is 2.89. The number of hydrogen-bond donors (Lipinski definition) is 0. The van der Waals surface area contributed by atoms with E-state index < -0.39 is 0 Å². The molecule has 2 atom stereocenters. The van der Waals surface area contributed by atoms with Crippen molar-refractivity contribution in [1.29, 1.82) is 0 Å². The van der Waals surface area contributed by atoms with Crippen molar-refractivity contribution in [1.82, 2.24) is 4.90 Å². The number of esters is 1. The summed E-state index contributed by atoms with van der Waals surface area (Å²) in [5.41, 5.74) is 0. The van der Waals surface area contributed by atoms with E-state index in [1.54, 1.807) is 0 Å². The van der Waals surface area contributed by atoms with Crippen molar-refractivity contribution in [3.63, 3.8) is 0 Å². The molecule has 1 rings (SSSR count). The average Bonchev–Trinajstić information content (AvgIpc) is 2.25. The maximum atomic E-state index is 11.1. The summed E-state index contributed by atoms with van der Waals surface area (Å²) in [6, 6.07) is 0.575. The Morgan fingerprint density at radius 3 is 3.00 bits per heavy atom. The Bertz CT molecular complexity index is 255. The Labute approximate surface area is 102 Å². The van der Waals surface area contributed by atoms with Crippen LogP contribution in [0, 0.1) is 0 Å². The van der Waals surface area contributed by atoms with Crippen LogP contribution in [-0.4, -0.2) is 47.6 Å². The number of rotatable bonds is 4. The lowest BCUT2D eigenvalue weighted by Crippen LogP contribution is -2.44. The molecule has 0 bridgehead atoms. The minimum absolute atomic E-state index is 0.241. The van der Waals surface area contributed by atoms with Crippen LogP contribution in [0.1, 0.15) is 20.8 Å². The predicted molar refractivity (Wildman–Crippen MR) is 68.7 cm³/mol. The molecule has 4 heteroatoms. The van der Waals surface area contributed by atoms with E-state index in [1.807, 2.05) is 24.8 Å². The Morgan fingerprint density at radius 1 is 1.56 bits per heavy atom. The Kier molecular flexibility index (Phi) is 5.91. The summed E-state index contributed by atoms with van der Waals surface area (Å²) in [5, 5.41) is 0.671. The number of ether oxygens (including phenoxy) is 1. The molecule has 0 spiro atoms. The second kappa shape index (κ2) is 6.97. The van der Waals surface area contributed by atoms with E-state index in [9.17, 15) is 4.79 Å². The lowest BCUT2D eigenvalue weighted by atomic mass is 10.2. The van der Waals surface area contributed by atoms with Crippen LogP contribution in [0.5, 0.6) is 0 Å². The van der Waals surface area contributed by atoms with Gasteiger partial charge in [0.25, 0.3) is 0 Å². The van der Waals surface area contributed by atoms with Crippen molar-refractivity contribution in [3.05, 3.63) is 12.2 Å². The summed E-state index contributed by atoms with van der Waals surface area (Å²) >= 11 is 2.02. The van der Waals surface area contributed by atoms with Gasteiger partial charge in [-0.15, -0.1) is 0 Å². The molecule has 0 aromatic carbocycles. The summed E-state index contributed by atoms with van der Waals surface area (Å²) < 4.78 is 4.83. The zero-order chi connectivity index (χ0) is 12.0. The highest BCUT2D eigenvalue weighted by Crippen LogP contribution is 2.23. The Hall–Kier alpha value is -0.480. The van der Waals surface area contributed by atoms with Crippen molar-refractivity contribution >= 4 is 17.7 Å². The van der Waals surface area contributed by atoms with Gasteiger partial charge in [0.1, 0.15) is 0 Å². The van der Waals surface area contributed by atoms with Gasteiger partial charge in [-0.2, -0.15) is 11.8 Å². The van der Waals surface area contributed by atoms with Crippen LogP contribution in [0.25, 0.3) is 0 Å². The molecule has 2 unspecified atom stereocenters. The number of hydrogen-bond acceptors (Lipinski definition) is 4. The topological polar surface area (TPSA) is 29.5 Å². The number of thioether (sulfide) groups is 1. The highest BCUT2D eigenvalue weighted by atomic mass is 32.2. The van der Waals surface area contributed by atoms with Crippen molar-refractivity contribution in [2.24, 2.45) is 0 Å². The van der Waals surface area contributed by atoms with E-state index in [4.69, 9.17) is 4.74 Å².